The maximum Gasteiger partial charge on any atom is 0.251 e. The molecule has 6 nitrogen and oxygen atoms in total. The highest BCUT2D eigenvalue weighted by atomic mass is 32.1. The van der Waals surface area contributed by atoms with Gasteiger partial charge in [-0.25, -0.2) is 0 Å². The molecule has 0 radical (unpaired) electrons. The molecule has 1 aliphatic heterocycles. The van der Waals surface area contributed by atoms with Crippen molar-refractivity contribution in [3.8, 4) is 0 Å². The van der Waals surface area contributed by atoms with E-state index < -0.39 is 5.60 Å². The number of carbonyl (C=O) groups is 1. The van der Waals surface area contributed by atoms with Crippen molar-refractivity contribution in [3.63, 3.8) is 0 Å². The second-order valence-corrected chi connectivity index (χ2v) is 7.36. The van der Waals surface area contributed by atoms with Crippen LogP contribution in [0.25, 0.3) is 11.0 Å². The molecule has 1 aromatic heterocycles. The lowest BCUT2D eigenvalue weighted by Gasteiger charge is -2.39. The van der Waals surface area contributed by atoms with Crippen molar-refractivity contribution >= 4 is 28.7 Å². The summed E-state index contributed by atoms with van der Waals surface area (Å²) < 4.78 is 13.8. The first-order valence-electron chi connectivity index (χ1n) is 9.03. The van der Waals surface area contributed by atoms with Crippen molar-refractivity contribution in [2.24, 2.45) is 5.92 Å². The topological polar surface area (TPSA) is 84.3 Å². The third-order valence-corrected chi connectivity index (χ3v) is 5.76. The Balaban J connectivity index is 1.55. The van der Waals surface area contributed by atoms with Gasteiger partial charge in [0.1, 0.15) is 16.6 Å². The van der Waals surface area contributed by atoms with Crippen LogP contribution in [-0.4, -0.2) is 39.5 Å². The van der Waals surface area contributed by atoms with Gasteiger partial charge < -0.3 is 15.2 Å². The number of hydrogen-bond donors (Lipinski definition) is 2. The monoisotopic (exact) mass is 383 g/mol. The molecule has 140 valence electrons. The van der Waals surface area contributed by atoms with Gasteiger partial charge in [-0.15, -0.1) is 0 Å². The van der Waals surface area contributed by atoms with Crippen LogP contribution in [0.3, 0.4) is 0 Å². The molecule has 0 saturated carbocycles. The predicted octanol–water partition coefficient (Wildman–Crippen LogP) is 2.74. The maximum absolute atomic E-state index is 12.7. The first-order valence-corrected chi connectivity index (χ1v) is 9.76. The van der Waals surface area contributed by atoms with Crippen LogP contribution in [0.4, 0.5) is 0 Å². The number of nitrogens with one attached hydrogen (secondary N) is 1. The molecule has 2 aromatic carbocycles. The fraction of sp³-hybridized carbons (Fsp3) is 0.350. The van der Waals surface area contributed by atoms with Crippen LogP contribution in [0.1, 0.15) is 28.8 Å². The van der Waals surface area contributed by atoms with Gasteiger partial charge in [0.2, 0.25) is 0 Å². The second-order valence-electron chi connectivity index (χ2n) is 6.83. The van der Waals surface area contributed by atoms with Gasteiger partial charge in [0.15, 0.2) is 0 Å². The number of benzene rings is 2. The van der Waals surface area contributed by atoms with Gasteiger partial charge >= 0.3 is 0 Å². The lowest BCUT2D eigenvalue weighted by atomic mass is 9.77. The van der Waals surface area contributed by atoms with Crippen LogP contribution in [0, 0.1) is 5.92 Å². The average Bonchev–Trinajstić information content (AvgIpc) is 3.21. The number of fused-ring (bicyclic) bond motifs is 1. The first kappa shape index (κ1) is 18.0. The Hall–Kier alpha value is -2.35. The molecular formula is C20H21N3O3S. The molecule has 1 saturated heterocycles. The van der Waals surface area contributed by atoms with Crippen LogP contribution in [0.5, 0.6) is 0 Å². The number of ether oxygens (including phenoxy) is 1. The Bertz CT molecular complexity index is 924. The lowest BCUT2D eigenvalue weighted by molar-refractivity contribution is -0.0680. The van der Waals surface area contributed by atoms with E-state index in [2.05, 4.69) is 14.1 Å². The minimum atomic E-state index is -1.13. The summed E-state index contributed by atoms with van der Waals surface area (Å²) in [5, 5.41) is 14.5. The third kappa shape index (κ3) is 3.71. The molecule has 1 aliphatic rings. The van der Waals surface area contributed by atoms with Crippen molar-refractivity contribution in [1.82, 2.24) is 14.1 Å². The van der Waals surface area contributed by atoms with E-state index in [0.29, 0.717) is 24.3 Å². The minimum absolute atomic E-state index is 0.0270. The molecule has 0 unspecified atom stereocenters. The highest BCUT2D eigenvalue weighted by molar-refractivity contribution is 7.00. The maximum atomic E-state index is 12.7. The summed E-state index contributed by atoms with van der Waals surface area (Å²) in [6.07, 6.45) is 1.52. The Labute approximate surface area is 161 Å². The number of rotatable bonds is 5. The van der Waals surface area contributed by atoms with Crippen LogP contribution < -0.4 is 5.32 Å². The molecule has 3 aromatic rings. The molecule has 2 N–H and O–H groups in total. The average molecular weight is 383 g/mol. The third-order valence-electron chi connectivity index (χ3n) is 5.20. The van der Waals surface area contributed by atoms with Crippen LogP contribution >= 0.6 is 11.7 Å². The largest absolute Gasteiger partial charge is 0.383 e. The van der Waals surface area contributed by atoms with Crippen molar-refractivity contribution in [1.29, 1.82) is 0 Å². The summed E-state index contributed by atoms with van der Waals surface area (Å²) in [4.78, 5) is 12.7. The van der Waals surface area contributed by atoms with Gasteiger partial charge in [-0.2, -0.15) is 8.75 Å². The first-order chi connectivity index (χ1) is 13.2. The fourth-order valence-electron chi connectivity index (χ4n) is 3.62. The molecule has 1 amide bonds. The molecular weight excluding hydrogens is 362 g/mol. The van der Waals surface area contributed by atoms with Crippen LogP contribution in [0.2, 0.25) is 0 Å². The van der Waals surface area contributed by atoms with Crippen LogP contribution in [-0.2, 0) is 10.3 Å². The van der Waals surface area contributed by atoms with E-state index in [1.807, 2.05) is 30.3 Å². The minimum Gasteiger partial charge on any atom is -0.383 e. The Morgan fingerprint density at radius 1 is 1.15 bits per heavy atom. The predicted molar refractivity (Wildman–Crippen MR) is 104 cm³/mol. The number of nitrogens with zero attached hydrogens (tertiary/aromatic N) is 2. The quantitative estimate of drug-likeness (QED) is 0.708. The summed E-state index contributed by atoms with van der Waals surface area (Å²) in [5.41, 5.74) is 1.68. The van der Waals surface area contributed by atoms with Crippen LogP contribution in [0.15, 0.2) is 48.5 Å². The van der Waals surface area contributed by atoms with Crippen molar-refractivity contribution < 1.29 is 14.6 Å². The summed E-state index contributed by atoms with van der Waals surface area (Å²) in [6, 6.07) is 14.8. The molecule has 4 rings (SSSR count). The smallest absolute Gasteiger partial charge is 0.251 e. The molecule has 27 heavy (non-hydrogen) atoms. The molecule has 2 heterocycles. The van der Waals surface area contributed by atoms with Crippen molar-refractivity contribution in [2.45, 2.75) is 18.4 Å². The lowest BCUT2D eigenvalue weighted by Crippen LogP contribution is -2.47. The highest BCUT2D eigenvalue weighted by Gasteiger charge is 2.39. The normalized spacial score (nSPS) is 17.5. The summed E-state index contributed by atoms with van der Waals surface area (Å²) in [5.74, 6) is -0.203. The number of aliphatic hydroxyl groups is 1. The van der Waals surface area contributed by atoms with E-state index in [-0.39, 0.29) is 18.4 Å². The Kier molecular flexibility index (Phi) is 5.15. The zero-order valence-corrected chi connectivity index (χ0v) is 15.6. The number of aromatic nitrogens is 2. The number of amides is 1. The van der Waals surface area contributed by atoms with E-state index in [0.717, 1.165) is 35.6 Å². The standard InChI is InChI=1S/C20H21N3O3S/c24-19(14-6-7-17-18(12-14)23-27-22-17)21-13-20(25,15-4-2-1-3-5-15)16-8-10-26-11-9-16/h1-7,12,16,25H,8-11,13H2,(H,21,24)/t20-/m0/s1. The Morgan fingerprint density at radius 2 is 1.89 bits per heavy atom. The second kappa shape index (κ2) is 7.72. The Morgan fingerprint density at radius 3 is 2.67 bits per heavy atom. The zero-order valence-electron chi connectivity index (χ0n) is 14.8. The molecule has 7 heteroatoms. The van der Waals surface area contributed by atoms with E-state index in [9.17, 15) is 9.90 Å². The van der Waals surface area contributed by atoms with Gasteiger partial charge in [-0.05, 0) is 42.5 Å². The highest BCUT2D eigenvalue weighted by Crippen LogP contribution is 2.35. The van der Waals surface area contributed by atoms with Gasteiger partial charge in [0, 0.05) is 18.8 Å². The molecule has 0 aliphatic carbocycles. The van der Waals surface area contributed by atoms with Gasteiger partial charge in [0.05, 0.1) is 18.3 Å². The summed E-state index contributed by atoms with van der Waals surface area (Å²) >= 11 is 1.12. The molecule has 0 spiro atoms. The van der Waals surface area contributed by atoms with E-state index >= 15 is 0 Å². The van der Waals surface area contributed by atoms with E-state index in [4.69, 9.17) is 4.74 Å². The molecule has 1 fully saturated rings. The van der Waals surface area contributed by atoms with Gasteiger partial charge in [-0.3, -0.25) is 4.79 Å². The summed E-state index contributed by atoms with van der Waals surface area (Å²) in [7, 11) is 0. The molecule has 0 bridgehead atoms. The zero-order chi connectivity index (χ0) is 18.7. The summed E-state index contributed by atoms with van der Waals surface area (Å²) in [6.45, 7) is 1.40. The van der Waals surface area contributed by atoms with Gasteiger partial charge in [-0.1, -0.05) is 30.3 Å². The fourth-order valence-corrected chi connectivity index (χ4v) is 4.14. The number of hydrogen-bond acceptors (Lipinski definition) is 6. The van der Waals surface area contributed by atoms with Gasteiger partial charge in [0.25, 0.3) is 5.91 Å². The van der Waals surface area contributed by atoms with Crippen molar-refractivity contribution in [3.05, 3.63) is 59.7 Å². The SMILES string of the molecule is O=C(NC[C@](O)(c1ccccc1)C1CCOCC1)c1ccc2nsnc2c1. The van der Waals surface area contributed by atoms with Crippen molar-refractivity contribution in [2.75, 3.05) is 19.8 Å². The van der Waals surface area contributed by atoms with E-state index in [1.165, 1.54) is 0 Å². The van der Waals surface area contributed by atoms with E-state index in [1.54, 1.807) is 18.2 Å². The molecule has 1 atom stereocenters. The number of carbonyl (C=O) groups excluding carboxylic acids is 1.